The summed E-state index contributed by atoms with van der Waals surface area (Å²) in [7, 11) is 2.06. The summed E-state index contributed by atoms with van der Waals surface area (Å²) >= 11 is 0. The van der Waals surface area contributed by atoms with Crippen LogP contribution in [0.3, 0.4) is 0 Å². The number of nitrogens with zero attached hydrogens (tertiary/aromatic N) is 3. The monoisotopic (exact) mass is 347 g/mol. The molecule has 1 aliphatic rings. The number of piperidine rings is 1. The molecule has 0 saturated carbocycles. The van der Waals surface area contributed by atoms with Crippen molar-refractivity contribution in [2.45, 2.75) is 18.9 Å². The average Bonchev–Trinajstić information content (AvgIpc) is 2.60. The van der Waals surface area contributed by atoms with E-state index in [9.17, 15) is 8.78 Å². The summed E-state index contributed by atoms with van der Waals surface area (Å²) in [5.41, 5.74) is 0.233. The quantitative estimate of drug-likeness (QED) is 0.814. The van der Waals surface area contributed by atoms with Gasteiger partial charge in [-0.3, -0.25) is 0 Å². The fourth-order valence-electron chi connectivity index (χ4n) is 2.68. The zero-order valence-electron chi connectivity index (χ0n) is 13.8. The first-order valence-corrected chi connectivity index (χ1v) is 7.99. The van der Waals surface area contributed by atoms with E-state index >= 15 is 0 Å². The minimum atomic E-state index is -0.617. The number of aromatic nitrogens is 2. The van der Waals surface area contributed by atoms with E-state index in [0.717, 1.165) is 50.3 Å². The first-order valence-electron chi connectivity index (χ1n) is 7.99. The Balaban J connectivity index is 1.83. The van der Waals surface area contributed by atoms with Gasteiger partial charge < -0.3 is 20.4 Å². The molecule has 1 aromatic carbocycles. The molecule has 0 amide bonds. The highest BCUT2D eigenvalue weighted by Crippen LogP contribution is 2.27. The smallest absolute Gasteiger partial charge is 0.227 e. The molecular formula is C17H19F2N5O. The lowest BCUT2D eigenvalue weighted by molar-refractivity contribution is 0.110. The SMILES string of the molecule is CN1CCC(Oc2ncnc(Nc3cc(F)ccc3F)c2C=N)CC1. The Kier molecular flexibility index (Phi) is 5.18. The predicted octanol–water partition coefficient (Wildman–Crippen LogP) is 2.97. The molecule has 0 aliphatic carbocycles. The number of anilines is 2. The fourth-order valence-corrected chi connectivity index (χ4v) is 2.68. The molecule has 1 saturated heterocycles. The second-order valence-electron chi connectivity index (χ2n) is 5.96. The number of nitrogens with one attached hydrogen (secondary N) is 2. The first-order chi connectivity index (χ1) is 12.1. The molecule has 2 aromatic rings. The van der Waals surface area contributed by atoms with Gasteiger partial charge in [0.15, 0.2) is 0 Å². The molecule has 0 atom stereocenters. The van der Waals surface area contributed by atoms with Crippen molar-refractivity contribution in [2.75, 3.05) is 25.5 Å². The molecule has 132 valence electrons. The van der Waals surface area contributed by atoms with Gasteiger partial charge in [-0.25, -0.2) is 18.7 Å². The van der Waals surface area contributed by atoms with Crippen molar-refractivity contribution in [3.8, 4) is 5.88 Å². The van der Waals surface area contributed by atoms with Crippen LogP contribution in [-0.2, 0) is 0 Å². The highest BCUT2D eigenvalue weighted by Gasteiger charge is 2.21. The summed E-state index contributed by atoms with van der Waals surface area (Å²) < 4.78 is 33.1. The summed E-state index contributed by atoms with van der Waals surface area (Å²) in [6.07, 6.45) is 4.04. The molecule has 0 spiro atoms. The van der Waals surface area contributed by atoms with Crippen LogP contribution in [0.15, 0.2) is 24.5 Å². The molecule has 0 radical (unpaired) electrons. The van der Waals surface area contributed by atoms with Crippen LogP contribution in [0.2, 0.25) is 0 Å². The molecule has 0 unspecified atom stereocenters. The van der Waals surface area contributed by atoms with Gasteiger partial charge in [-0.2, -0.15) is 0 Å². The number of halogens is 2. The number of benzene rings is 1. The molecule has 0 bridgehead atoms. The van der Waals surface area contributed by atoms with Crippen molar-refractivity contribution in [3.05, 3.63) is 41.7 Å². The topological polar surface area (TPSA) is 74.1 Å². The maximum atomic E-state index is 13.8. The minimum Gasteiger partial charge on any atom is -0.474 e. The van der Waals surface area contributed by atoms with Crippen LogP contribution in [0.25, 0.3) is 0 Å². The molecule has 2 heterocycles. The van der Waals surface area contributed by atoms with Crippen LogP contribution in [0.5, 0.6) is 5.88 Å². The lowest BCUT2D eigenvalue weighted by Gasteiger charge is -2.29. The van der Waals surface area contributed by atoms with E-state index in [1.54, 1.807) is 0 Å². The van der Waals surface area contributed by atoms with Crippen LogP contribution < -0.4 is 10.1 Å². The normalized spacial score (nSPS) is 15.8. The second kappa shape index (κ2) is 7.52. The Hall–Kier alpha value is -2.61. The van der Waals surface area contributed by atoms with Crippen molar-refractivity contribution in [1.29, 1.82) is 5.41 Å². The van der Waals surface area contributed by atoms with Gasteiger partial charge in [-0.15, -0.1) is 0 Å². The standard InChI is InChI=1S/C17H19F2N5O/c1-24-6-4-12(5-7-24)25-17-13(9-20)16(21-10-22-17)23-15-8-11(18)2-3-14(15)19/h2-3,8-10,12,20H,4-7H2,1H3,(H,21,22,23). The summed E-state index contributed by atoms with van der Waals surface area (Å²) in [4.78, 5) is 10.3. The third-order valence-corrected chi connectivity index (χ3v) is 4.12. The van der Waals surface area contributed by atoms with Gasteiger partial charge >= 0.3 is 0 Å². The second-order valence-corrected chi connectivity index (χ2v) is 5.96. The largest absolute Gasteiger partial charge is 0.474 e. The Labute approximate surface area is 144 Å². The van der Waals surface area contributed by atoms with Gasteiger partial charge in [-0.05, 0) is 32.0 Å². The van der Waals surface area contributed by atoms with E-state index in [1.165, 1.54) is 6.33 Å². The third-order valence-electron chi connectivity index (χ3n) is 4.12. The van der Waals surface area contributed by atoms with Crippen LogP contribution in [0.4, 0.5) is 20.3 Å². The van der Waals surface area contributed by atoms with Gasteiger partial charge in [0.05, 0.1) is 11.3 Å². The Morgan fingerprint density at radius 2 is 2.04 bits per heavy atom. The number of ether oxygens (including phenoxy) is 1. The van der Waals surface area contributed by atoms with Crippen LogP contribution in [0, 0.1) is 17.0 Å². The van der Waals surface area contributed by atoms with Crippen molar-refractivity contribution in [1.82, 2.24) is 14.9 Å². The summed E-state index contributed by atoms with van der Waals surface area (Å²) in [5, 5.41) is 10.3. The van der Waals surface area contributed by atoms with Gasteiger partial charge in [0.25, 0.3) is 0 Å². The minimum absolute atomic E-state index is 0.00329. The first kappa shape index (κ1) is 17.2. The molecule has 6 nitrogen and oxygen atoms in total. The maximum absolute atomic E-state index is 13.8. The van der Waals surface area contributed by atoms with Gasteiger partial charge in [0.1, 0.15) is 29.9 Å². The number of likely N-dealkylation sites (tertiary alicyclic amines) is 1. The lowest BCUT2D eigenvalue weighted by Crippen LogP contribution is -2.36. The van der Waals surface area contributed by atoms with Crippen molar-refractivity contribution in [3.63, 3.8) is 0 Å². The van der Waals surface area contributed by atoms with Crippen molar-refractivity contribution in [2.24, 2.45) is 0 Å². The van der Waals surface area contributed by atoms with Crippen LogP contribution in [0.1, 0.15) is 18.4 Å². The molecule has 25 heavy (non-hydrogen) atoms. The summed E-state index contributed by atoms with van der Waals surface area (Å²) in [6, 6.07) is 3.09. The third kappa shape index (κ3) is 4.08. The molecule has 1 aromatic heterocycles. The van der Waals surface area contributed by atoms with Gasteiger partial charge in [-0.1, -0.05) is 0 Å². The van der Waals surface area contributed by atoms with E-state index in [4.69, 9.17) is 10.1 Å². The molecular weight excluding hydrogens is 328 g/mol. The zero-order chi connectivity index (χ0) is 17.8. The average molecular weight is 347 g/mol. The Morgan fingerprint density at radius 1 is 1.28 bits per heavy atom. The predicted molar refractivity (Wildman–Crippen MR) is 90.7 cm³/mol. The van der Waals surface area contributed by atoms with E-state index < -0.39 is 11.6 Å². The summed E-state index contributed by atoms with van der Waals surface area (Å²) in [6.45, 7) is 1.85. The van der Waals surface area contributed by atoms with E-state index in [0.29, 0.717) is 5.56 Å². The van der Waals surface area contributed by atoms with E-state index in [1.807, 2.05) is 0 Å². The van der Waals surface area contributed by atoms with E-state index in [-0.39, 0.29) is 23.5 Å². The lowest BCUT2D eigenvalue weighted by atomic mass is 10.1. The highest BCUT2D eigenvalue weighted by atomic mass is 19.1. The van der Waals surface area contributed by atoms with Crippen molar-refractivity contribution >= 4 is 17.7 Å². The van der Waals surface area contributed by atoms with E-state index in [2.05, 4.69) is 27.2 Å². The maximum Gasteiger partial charge on any atom is 0.227 e. The van der Waals surface area contributed by atoms with Crippen LogP contribution >= 0.6 is 0 Å². The molecule has 3 rings (SSSR count). The Morgan fingerprint density at radius 3 is 2.76 bits per heavy atom. The number of rotatable bonds is 5. The van der Waals surface area contributed by atoms with Crippen molar-refractivity contribution < 1.29 is 13.5 Å². The number of hydrogen-bond acceptors (Lipinski definition) is 6. The van der Waals surface area contributed by atoms with Gasteiger partial charge in [0.2, 0.25) is 5.88 Å². The molecule has 1 aliphatic heterocycles. The summed E-state index contributed by atoms with van der Waals surface area (Å²) in [5.74, 6) is -0.734. The molecule has 1 fully saturated rings. The van der Waals surface area contributed by atoms with Gasteiger partial charge in [0, 0.05) is 25.4 Å². The highest BCUT2D eigenvalue weighted by molar-refractivity contribution is 5.88. The zero-order valence-corrected chi connectivity index (χ0v) is 13.8. The molecule has 8 heteroatoms. The van der Waals surface area contributed by atoms with Crippen LogP contribution in [-0.4, -0.2) is 47.3 Å². The molecule has 2 N–H and O–H groups in total. The fraction of sp³-hybridized carbons (Fsp3) is 0.353. The number of hydrogen-bond donors (Lipinski definition) is 2. The Bertz CT molecular complexity index is 763.